The number of hydrogen-bond acceptors (Lipinski definition) is 4. The molecule has 2 fully saturated rings. The molecule has 0 spiro atoms. The average molecular weight is 400 g/mol. The summed E-state index contributed by atoms with van der Waals surface area (Å²) in [5.41, 5.74) is 2.52. The van der Waals surface area contributed by atoms with Gasteiger partial charge in [-0.2, -0.15) is 0 Å². The fourth-order valence-electron chi connectivity index (χ4n) is 4.31. The van der Waals surface area contributed by atoms with Crippen LogP contribution in [0.4, 0.5) is 14.5 Å². The van der Waals surface area contributed by atoms with Crippen molar-refractivity contribution >= 4 is 11.7 Å². The van der Waals surface area contributed by atoms with Crippen molar-refractivity contribution in [2.45, 2.75) is 25.3 Å². The van der Waals surface area contributed by atoms with Crippen LogP contribution in [0.2, 0.25) is 0 Å². The Morgan fingerprint density at radius 2 is 1.66 bits per heavy atom. The Kier molecular flexibility index (Phi) is 5.81. The molecule has 0 bridgehead atoms. The van der Waals surface area contributed by atoms with Gasteiger partial charge in [0.2, 0.25) is 0 Å². The Balaban J connectivity index is 1.29. The van der Waals surface area contributed by atoms with E-state index in [-0.39, 0.29) is 17.6 Å². The van der Waals surface area contributed by atoms with Gasteiger partial charge >= 0.3 is 5.97 Å². The molecule has 4 nitrogen and oxygen atoms in total. The van der Waals surface area contributed by atoms with Gasteiger partial charge < -0.3 is 9.64 Å². The van der Waals surface area contributed by atoms with Crippen molar-refractivity contribution < 1.29 is 18.3 Å². The monoisotopic (exact) mass is 400 g/mol. The Morgan fingerprint density at radius 3 is 2.24 bits per heavy atom. The van der Waals surface area contributed by atoms with Gasteiger partial charge in [0, 0.05) is 25.6 Å². The molecule has 2 aliphatic heterocycles. The molecule has 0 N–H and O–H groups in total. The number of benzene rings is 2. The number of hydrogen-bond donors (Lipinski definition) is 0. The standard InChI is InChI=1S/C23H26F2N2O2/c1-29-23(28)18-9-11-26(12-10-18)13-16-5-7-17(8-6-16)19-14-27(15-19)22-20(24)3-2-4-21(22)25/h2-8,18-19H,9-15H2,1H3. The van der Waals surface area contributed by atoms with E-state index in [0.29, 0.717) is 19.0 Å². The van der Waals surface area contributed by atoms with Crippen molar-refractivity contribution in [2.75, 3.05) is 38.2 Å². The summed E-state index contributed by atoms with van der Waals surface area (Å²) in [6.45, 7) is 3.91. The summed E-state index contributed by atoms with van der Waals surface area (Å²) in [5.74, 6) is -0.790. The van der Waals surface area contributed by atoms with E-state index in [1.807, 2.05) is 0 Å². The van der Waals surface area contributed by atoms with Gasteiger partial charge in [-0.15, -0.1) is 0 Å². The van der Waals surface area contributed by atoms with Crippen LogP contribution in [0.25, 0.3) is 0 Å². The summed E-state index contributed by atoms with van der Waals surface area (Å²) >= 11 is 0. The predicted octanol–water partition coefficient (Wildman–Crippen LogP) is 3.95. The van der Waals surface area contributed by atoms with Gasteiger partial charge in [-0.1, -0.05) is 30.3 Å². The first-order valence-electron chi connectivity index (χ1n) is 10.1. The van der Waals surface area contributed by atoms with E-state index >= 15 is 0 Å². The van der Waals surface area contributed by atoms with Crippen LogP contribution in [-0.2, 0) is 16.1 Å². The number of carbonyl (C=O) groups is 1. The molecule has 2 aromatic rings. The van der Waals surface area contributed by atoms with Crippen LogP contribution < -0.4 is 4.90 Å². The minimum Gasteiger partial charge on any atom is -0.469 e. The van der Waals surface area contributed by atoms with E-state index in [1.165, 1.54) is 36.4 Å². The van der Waals surface area contributed by atoms with Gasteiger partial charge in [-0.05, 0) is 49.2 Å². The summed E-state index contributed by atoms with van der Waals surface area (Å²) in [4.78, 5) is 15.8. The van der Waals surface area contributed by atoms with E-state index in [0.717, 1.165) is 32.5 Å². The van der Waals surface area contributed by atoms with Crippen LogP contribution in [0.3, 0.4) is 0 Å². The number of likely N-dealkylation sites (tertiary alicyclic amines) is 1. The Labute approximate surface area is 170 Å². The zero-order valence-electron chi connectivity index (χ0n) is 16.6. The topological polar surface area (TPSA) is 32.8 Å². The third-order valence-electron chi connectivity index (χ3n) is 6.11. The third kappa shape index (κ3) is 4.27. The van der Waals surface area contributed by atoms with Crippen molar-refractivity contribution in [3.05, 3.63) is 65.2 Å². The second kappa shape index (κ2) is 8.49. The number of ether oxygens (including phenoxy) is 1. The van der Waals surface area contributed by atoms with E-state index in [9.17, 15) is 13.6 Å². The Hall–Kier alpha value is -2.47. The van der Waals surface area contributed by atoms with Crippen molar-refractivity contribution in [1.82, 2.24) is 4.90 Å². The number of esters is 1. The summed E-state index contributed by atoms with van der Waals surface area (Å²) in [6.07, 6.45) is 1.69. The molecule has 0 aliphatic carbocycles. The molecule has 29 heavy (non-hydrogen) atoms. The lowest BCUT2D eigenvalue weighted by molar-refractivity contribution is -0.147. The highest BCUT2D eigenvalue weighted by atomic mass is 19.1. The zero-order valence-corrected chi connectivity index (χ0v) is 16.6. The fourth-order valence-corrected chi connectivity index (χ4v) is 4.31. The van der Waals surface area contributed by atoms with E-state index < -0.39 is 11.6 Å². The van der Waals surface area contributed by atoms with E-state index in [4.69, 9.17) is 4.74 Å². The lowest BCUT2D eigenvalue weighted by atomic mass is 9.90. The Bertz CT molecular complexity index is 837. The maximum atomic E-state index is 13.9. The molecule has 4 rings (SSSR count). The lowest BCUT2D eigenvalue weighted by Gasteiger charge is -2.41. The molecule has 0 aromatic heterocycles. The lowest BCUT2D eigenvalue weighted by Crippen LogP contribution is -2.46. The van der Waals surface area contributed by atoms with Gasteiger partial charge in [0.15, 0.2) is 0 Å². The number of para-hydroxylation sites is 1. The minimum absolute atomic E-state index is 0.0273. The molecule has 0 unspecified atom stereocenters. The molecular weight excluding hydrogens is 374 g/mol. The van der Waals surface area contributed by atoms with Crippen LogP contribution in [0, 0.1) is 17.6 Å². The van der Waals surface area contributed by atoms with Crippen molar-refractivity contribution in [2.24, 2.45) is 5.92 Å². The maximum Gasteiger partial charge on any atom is 0.308 e. The average Bonchev–Trinajstić information content (AvgIpc) is 2.70. The second-order valence-electron chi connectivity index (χ2n) is 7.99. The number of piperidine rings is 1. The van der Waals surface area contributed by atoms with Gasteiger partial charge in [0.1, 0.15) is 17.3 Å². The van der Waals surface area contributed by atoms with Crippen LogP contribution in [0.15, 0.2) is 42.5 Å². The van der Waals surface area contributed by atoms with E-state index in [1.54, 1.807) is 4.90 Å². The number of nitrogens with zero attached hydrogens (tertiary/aromatic N) is 2. The number of halogens is 2. The number of rotatable bonds is 5. The normalized spacial score (nSPS) is 18.5. The second-order valence-corrected chi connectivity index (χ2v) is 7.99. The van der Waals surface area contributed by atoms with Crippen LogP contribution >= 0.6 is 0 Å². The first-order chi connectivity index (χ1) is 14.0. The highest BCUT2D eigenvalue weighted by Crippen LogP contribution is 2.34. The third-order valence-corrected chi connectivity index (χ3v) is 6.11. The quantitative estimate of drug-likeness (QED) is 0.712. The SMILES string of the molecule is COC(=O)C1CCN(Cc2ccc(C3CN(c4c(F)cccc4F)C3)cc2)CC1. The molecular formula is C23H26F2N2O2. The van der Waals surface area contributed by atoms with E-state index in [2.05, 4.69) is 29.2 Å². The fraction of sp³-hybridized carbons (Fsp3) is 0.435. The van der Waals surface area contributed by atoms with Crippen LogP contribution in [0.5, 0.6) is 0 Å². The highest BCUT2D eigenvalue weighted by molar-refractivity contribution is 5.72. The maximum absolute atomic E-state index is 13.9. The smallest absolute Gasteiger partial charge is 0.308 e. The molecule has 6 heteroatoms. The highest BCUT2D eigenvalue weighted by Gasteiger charge is 2.31. The first kappa shape index (κ1) is 19.8. The molecule has 0 saturated carbocycles. The number of methoxy groups -OCH3 is 1. The van der Waals surface area contributed by atoms with Gasteiger partial charge in [-0.3, -0.25) is 9.69 Å². The molecule has 2 heterocycles. The molecule has 2 saturated heterocycles. The largest absolute Gasteiger partial charge is 0.469 e. The number of anilines is 1. The summed E-state index contributed by atoms with van der Waals surface area (Å²) in [7, 11) is 1.45. The number of carbonyl (C=O) groups excluding carboxylic acids is 1. The summed E-state index contributed by atoms with van der Waals surface area (Å²) in [6, 6.07) is 12.5. The van der Waals surface area contributed by atoms with Crippen molar-refractivity contribution in [1.29, 1.82) is 0 Å². The summed E-state index contributed by atoms with van der Waals surface area (Å²) < 4.78 is 32.6. The summed E-state index contributed by atoms with van der Waals surface area (Å²) in [5, 5.41) is 0. The van der Waals surface area contributed by atoms with Crippen molar-refractivity contribution in [3.8, 4) is 0 Å². The molecule has 0 radical (unpaired) electrons. The first-order valence-corrected chi connectivity index (χ1v) is 10.1. The molecule has 2 aromatic carbocycles. The molecule has 0 amide bonds. The molecule has 0 atom stereocenters. The zero-order chi connectivity index (χ0) is 20.4. The van der Waals surface area contributed by atoms with Gasteiger partial charge in [0.05, 0.1) is 13.0 Å². The van der Waals surface area contributed by atoms with Crippen LogP contribution in [-0.4, -0.2) is 44.2 Å². The van der Waals surface area contributed by atoms with Crippen molar-refractivity contribution in [3.63, 3.8) is 0 Å². The molecule has 2 aliphatic rings. The molecule has 154 valence electrons. The predicted molar refractivity (Wildman–Crippen MR) is 108 cm³/mol. The van der Waals surface area contributed by atoms with Crippen LogP contribution in [0.1, 0.15) is 29.9 Å². The van der Waals surface area contributed by atoms with Gasteiger partial charge in [0.25, 0.3) is 0 Å². The minimum atomic E-state index is -0.505. The Morgan fingerprint density at radius 1 is 1.03 bits per heavy atom. The van der Waals surface area contributed by atoms with Gasteiger partial charge in [-0.25, -0.2) is 8.78 Å².